The van der Waals surface area contributed by atoms with E-state index in [-0.39, 0.29) is 12.4 Å². The fourth-order valence-corrected chi connectivity index (χ4v) is 1.16. The van der Waals surface area contributed by atoms with E-state index in [2.05, 4.69) is 14.6 Å². The van der Waals surface area contributed by atoms with Crippen LogP contribution in [0.25, 0.3) is 0 Å². The number of amides is 1. The normalized spacial score (nSPS) is 12.8. The number of carbonyl (C=O) groups is 2. The van der Waals surface area contributed by atoms with Gasteiger partial charge in [-0.2, -0.15) is 0 Å². The number of nitrogens with one attached hydrogen (secondary N) is 1. The predicted octanol–water partition coefficient (Wildman–Crippen LogP) is 0.815. The summed E-state index contributed by atoms with van der Waals surface area (Å²) in [6.07, 6.45) is -0.875. The quantitative estimate of drug-likeness (QED) is 0.310. The number of hydrogen-bond acceptors (Lipinski definition) is 6. The SMILES string of the molecule is CC(=O)NC(OC=O)C(C)(C)SN=O. The van der Waals surface area contributed by atoms with Crippen molar-refractivity contribution in [2.75, 3.05) is 0 Å². The second-order valence-electron chi connectivity index (χ2n) is 3.08. The van der Waals surface area contributed by atoms with Crippen LogP contribution in [-0.4, -0.2) is 23.4 Å². The average molecular weight is 220 g/mol. The minimum absolute atomic E-state index is 0.216. The van der Waals surface area contributed by atoms with Gasteiger partial charge < -0.3 is 10.1 Å². The molecular formula is C7H12N2O4S. The fourth-order valence-electron chi connectivity index (χ4n) is 0.756. The summed E-state index contributed by atoms with van der Waals surface area (Å²) in [5.74, 6) is -0.351. The van der Waals surface area contributed by atoms with E-state index in [4.69, 9.17) is 0 Å². The number of nitrogens with zero attached hydrogens (tertiary/aromatic N) is 1. The van der Waals surface area contributed by atoms with E-state index in [1.54, 1.807) is 13.8 Å². The summed E-state index contributed by atoms with van der Waals surface area (Å²) >= 11 is 0.694. The maximum absolute atomic E-state index is 10.8. The molecule has 0 heterocycles. The van der Waals surface area contributed by atoms with Gasteiger partial charge in [-0.1, -0.05) is 0 Å². The highest BCUT2D eigenvalue weighted by Crippen LogP contribution is 2.29. The second kappa shape index (κ2) is 5.58. The van der Waals surface area contributed by atoms with Crippen LogP contribution in [0.2, 0.25) is 0 Å². The molecule has 1 amide bonds. The Bertz CT molecular complexity index is 232. The maximum Gasteiger partial charge on any atom is 0.295 e. The summed E-state index contributed by atoms with van der Waals surface area (Å²) < 4.78 is 6.48. The van der Waals surface area contributed by atoms with Crippen molar-refractivity contribution in [3.05, 3.63) is 4.91 Å². The Hall–Kier alpha value is -1.11. The Kier molecular flexibility index (Phi) is 5.14. The van der Waals surface area contributed by atoms with Gasteiger partial charge in [0.2, 0.25) is 5.91 Å². The highest BCUT2D eigenvalue weighted by molar-refractivity contribution is 7.99. The van der Waals surface area contributed by atoms with E-state index in [0.717, 1.165) is 0 Å². The first-order valence-electron chi connectivity index (χ1n) is 3.81. The third-order valence-corrected chi connectivity index (χ3v) is 2.19. The maximum atomic E-state index is 10.8. The first kappa shape index (κ1) is 12.9. The molecule has 0 fully saturated rings. The zero-order valence-corrected chi connectivity index (χ0v) is 8.96. The molecule has 0 saturated carbocycles. The van der Waals surface area contributed by atoms with E-state index in [0.29, 0.717) is 11.9 Å². The van der Waals surface area contributed by atoms with Gasteiger partial charge in [0.25, 0.3) is 6.47 Å². The molecule has 80 valence electrons. The van der Waals surface area contributed by atoms with Gasteiger partial charge in [0.05, 0.1) is 4.75 Å². The molecule has 1 N–H and O–H groups in total. The molecule has 0 spiro atoms. The van der Waals surface area contributed by atoms with E-state index in [9.17, 15) is 14.5 Å². The summed E-state index contributed by atoms with van der Waals surface area (Å²) in [7, 11) is 0. The summed E-state index contributed by atoms with van der Waals surface area (Å²) in [6.45, 7) is 4.76. The lowest BCUT2D eigenvalue weighted by molar-refractivity contribution is -0.139. The smallest absolute Gasteiger partial charge is 0.295 e. The van der Waals surface area contributed by atoms with Gasteiger partial charge in [0.1, 0.15) is 0 Å². The summed E-state index contributed by atoms with van der Waals surface area (Å²) in [6, 6.07) is 0. The molecule has 0 aromatic carbocycles. The van der Waals surface area contributed by atoms with Crippen LogP contribution in [0, 0.1) is 4.91 Å². The number of nitroso groups, excluding NO2 is 1. The molecule has 7 heteroatoms. The Morgan fingerprint density at radius 2 is 2.21 bits per heavy atom. The van der Waals surface area contributed by atoms with Gasteiger partial charge in [-0.3, -0.25) is 9.59 Å². The lowest BCUT2D eigenvalue weighted by Gasteiger charge is -2.28. The molecule has 0 aromatic heterocycles. The van der Waals surface area contributed by atoms with Crippen molar-refractivity contribution >= 4 is 24.3 Å². The molecule has 0 rings (SSSR count). The largest absolute Gasteiger partial charge is 0.442 e. The van der Waals surface area contributed by atoms with Gasteiger partial charge in [0, 0.05) is 23.5 Å². The number of ether oxygens (including phenoxy) is 1. The Labute approximate surface area is 85.9 Å². The topological polar surface area (TPSA) is 84.8 Å². The zero-order chi connectivity index (χ0) is 11.2. The van der Waals surface area contributed by atoms with Crippen LogP contribution in [0.1, 0.15) is 20.8 Å². The molecule has 1 atom stereocenters. The molecule has 0 aliphatic rings. The monoisotopic (exact) mass is 220 g/mol. The zero-order valence-electron chi connectivity index (χ0n) is 8.14. The van der Waals surface area contributed by atoms with Gasteiger partial charge >= 0.3 is 0 Å². The molecule has 6 nitrogen and oxygen atoms in total. The number of rotatable bonds is 6. The van der Waals surface area contributed by atoms with Crippen molar-refractivity contribution in [1.82, 2.24) is 5.32 Å². The van der Waals surface area contributed by atoms with Gasteiger partial charge in [-0.15, -0.1) is 4.91 Å². The van der Waals surface area contributed by atoms with Crippen LogP contribution in [0.15, 0.2) is 4.58 Å². The van der Waals surface area contributed by atoms with Crippen LogP contribution in [-0.2, 0) is 14.3 Å². The van der Waals surface area contributed by atoms with Crippen molar-refractivity contribution in [1.29, 1.82) is 0 Å². The van der Waals surface area contributed by atoms with Crippen molar-refractivity contribution in [3.8, 4) is 0 Å². The summed E-state index contributed by atoms with van der Waals surface area (Å²) in [5.41, 5.74) is 0. The first-order valence-corrected chi connectivity index (χ1v) is 4.58. The molecule has 14 heavy (non-hydrogen) atoms. The lowest BCUT2D eigenvalue weighted by Crippen LogP contribution is -2.48. The molecule has 0 radical (unpaired) electrons. The average Bonchev–Trinajstić information content (AvgIpc) is 2.02. The number of carbonyl (C=O) groups excluding carboxylic acids is 2. The van der Waals surface area contributed by atoms with Crippen LogP contribution in [0.5, 0.6) is 0 Å². The van der Waals surface area contributed by atoms with Gasteiger partial charge in [0.15, 0.2) is 6.23 Å². The van der Waals surface area contributed by atoms with Gasteiger partial charge in [-0.05, 0) is 13.8 Å². The molecule has 0 aliphatic carbocycles. The molecule has 0 aliphatic heterocycles. The Morgan fingerprint density at radius 1 is 1.64 bits per heavy atom. The van der Waals surface area contributed by atoms with E-state index < -0.39 is 11.0 Å². The molecule has 0 saturated heterocycles. The third kappa shape index (κ3) is 4.22. The van der Waals surface area contributed by atoms with Crippen LogP contribution >= 0.6 is 11.9 Å². The minimum atomic E-state index is -0.875. The predicted molar refractivity (Wildman–Crippen MR) is 52.2 cm³/mol. The van der Waals surface area contributed by atoms with Crippen molar-refractivity contribution < 1.29 is 14.3 Å². The van der Waals surface area contributed by atoms with E-state index in [1.807, 2.05) is 0 Å². The minimum Gasteiger partial charge on any atom is -0.442 e. The van der Waals surface area contributed by atoms with Crippen LogP contribution < -0.4 is 5.32 Å². The lowest BCUT2D eigenvalue weighted by atomic mass is 10.1. The highest BCUT2D eigenvalue weighted by Gasteiger charge is 2.33. The molecule has 0 bridgehead atoms. The first-order chi connectivity index (χ1) is 6.44. The van der Waals surface area contributed by atoms with Crippen LogP contribution in [0.4, 0.5) is 0 Å². The third-order valence-electron chi connectivity index (χ3n) is 1.43. The van der Waals surface area contributed by atoms with E-state index in [1.165, 1.54) is 6.92 Å². The number of hydrogen-bond donors (Lipinski definition) is 1. The van der Waals surface area contributed by atoms with Crippen LogP contribution in [0.3, 0.4) is 0 Å². The standard InChI is InChI=1S/C7H12N2O4S/c1-5(11)8-6(13-4-10)7(2,3)14-9-12/h4,6H,1-3H3,(H,8,11). The highest BCUT2D eigenvalue weighted by atomic mass is 32.2. The second-order valence-corrected chi connectivity index (χ2v) is 4.47. The fraction of sp³-hybridized carbons (Fsp3) is 0.714. The molecular weight excluding hydrogens is 208 g/mol. The summed E-state index contributed by atoms with van der Waals surface area (Å²) in [5, 5.41) is 2.39. The Balaban J connectivity index is 4.51. The molecule has 1 unspecified atom stereocenters. The Morgan fingerprint density at radius 3 is 2.57 bits per heavy atom. The van der Waals surface area contributed by atoms with Crippen molar-refractivity contribution in [3.63, 3.8) is 0 Å². The van der Waals surface area contributed by atoms with Gasteiger partial charge in [-0.25, -0.2) is 0 Å². The van der Waals surface area contributed by atoms with Crippen molar-refractivity contribution in [2.24, 2.45) is 4.58 Å². The molecule has 0 aromatic rings. The summed E-state index contributed by atoms with van der Waals surface area (Å²) in [4.78, 5) is 31.0. The van der Waals surface area contributed by atoms with E-state index >= 15 is 0 Å². The van der Waals surface area contributed by atoms with Crippen molar-refractivity contribution in [2.45, 2.75) is 31.7 Å².